The lowest BCUT2D eigenvalue weighted by molar-refractivity contribution is -0.207. The van der Waals surface area contributed by atoms with Crippen LogP contribution < -0.4 is 0 Å². The summed E-state index contributed by atoms with van der Waals surface area (Å²) in [5.41, 5.74) is 1.35. The minimum atomic E-state index is -0.388. The summed E-state index contributed by atoms with van der Waals surface area (Å²) in [6, 6.07) is 7.96. The molecular weight excluding hydrogens is 314 g/mol. The number of benzene rings is 1. The molecule has 2 heterocycles. The lowest BCUT2D eigenvalue weighted by Crippen LogP contribution is -2.57. The Labute approximate surface area is 150 Å². The zero-order valence-electron chi connectivity index (χ0n) is 15.0. The van der Waals surface area contributed by atoms with Crippen LogP contribution in [0, 0.1) is 11.8 Å². The molecule has 1 spiro atoms. The quantitative estimate of drug-likeness (QED) is 0.914. The van der Waals surface area contributed by atoms with E-state index in [0.29, 0.717) is 24.9 Å². The van der Waals surface area contributed by atoms with Crippen LogP contribution >= 0.6 is 0 Å². The fourth-order valence-corrected chi connectivity index (χ4v) is 5.58. The van der Waals surface area contributed by atoms with Gasteiger partial charge >= 0.3 is 0 Å². The van der Waals surface area contributed by atoms with Gasteiger partial charge in [0.2, 0.25) is 0 Å². The van der Waals surface area contributed by atoms with E-state index in [-0.39, 0.29) is 11.2 Å². The van der Waals surface area contributed by atoms with Gasteiger partial charge in [-0.1, -0.05) is 12.1 Å². The number of hydrogen-bond acceptors (Lipinski definition) is 4. The van der Waals surface area contributed by atoms with Gasteiger partial charge in [-0.25, -0.2) is 0 Å². The molecule has 0 aromatic heterocycles. The highest BCUT2D eigenvalue weighted by atomic mass is 16.7. The molecule has 2 aliphatic heterocycles. The van der Waals surface area contributed by atoms with Crippen LogP contribution in [0.5, 0.6) is 5.75 Å². The first-order valence-electron chi connectivity index (χ1n) is 9.97. The number of likely N-dealkylation sites (tertiary alicyclic amines) is 1. The SMILES string of the molecule is Oc1cccc([C@@]23CCN(CC4CC4)C[C@H]2CCC2(C3)OCCO2)c1. The molecule has 4 heteroatoms. The second kappa shape index (κ2) is 5.97. The molecule has 25 heavy (non-hydrogen) atoms. The molecule has 1 N–H and O–H groups in total. The number of aromatic hydroxyl groups is 1. The Kier molecular flexibility index (Phi) is 3.84. The minimum absolute atomic E-state index is 0.0708. The van der Waals surface area contributed by atoms with Crippen LogP contribution in [0.25, 0.3) is 0 Å². The molecule has 1 aromatic carbocycles. The van der Waals surface area contributed by atoms with Crippen LogP contribution in [0.3, 0.4) is 0 Å². The van der Waals surface area contributed by atoms with Crippen molar-refractivity contribution in [3.63, 3.8) is 0 Å². The number of fused-ring (bicyclic) bond motifs is 1. The molecule has 2 aliphatic carbocycles. The first-order valence-corrected chi connectivity index (χ1v) is 9.97. The first-order chi connectivity index (χ1) is 12.2. The lowest BCUT2D eigenvalue weighted by atomic mass is 9.57. The van der Waals surface area contributed by atoms with Crippen molar-refractivity contribution in [1.29, 1.82) is 0 Å². The first kappa shape index (κ1) is 16.1. The van der Waals surface area contributed by atoms with E-state index >= 15 is 0 Å². The third-order valence-corrected chi connectivity index (χ3v) is 7.04. The number of rotatable bonds is 3. The molecule has 0 bridgehead atoms. The van der Waals surface area contributed by atoms with Gasteiger partial charge in [-0.2, -0.15) is 0 Å². The zero-order chi connectivity index (χ0) is 16.9. The fourth-order valence-electron chi connectivity index (χ4n) is 5.58. The van der Waals surface area contributed by atoms with Gasteiger partial charge in [0, 0.05) is 31.3 Å². The molecule has 0 unspecified atom stereocenters. The molecule has 2 saturated carbocycles. The Morgan fingerprint density at radius 1 is 1.12 bits per heavy atom. The van der Waals surface area contributed by atoms with Gasteiger partial charge in [0.05, 0.1) is 13.2 Å². The number of ether oxygens (including phenoxy) is 2. The van der Waals surface area contributed by atoms with E-state index in [1.54, 1.807) is 6.07 Å². The Balaban J connectivity index is 1.47. The maximum Gasteiger partial charge on any atom is 0.169 e. The maximum atomic E-state index is 10.1. The van der Waals surface area contributed by atoms with Gasteiger partial charge < -0.3 is 19.5 Å². The highest BCUT2D eigenvalue weighted by molar-refractivity contribution is 5.35. The number of hydrogen-bond donors (Lipinski definition) is 1. The Bertz CT molecular complexity index is 638. The van der Waals surface area contributed by atoms with Gasteiger partial charge in [0.15, 0.2) is 5.79 Å². The van der Waals surface area contributed by atoms with Crippen LogP contribution in [0.15, 0.2) is 24.3 Å². The highest BCUT2D eigenvalue weighted by Crippen LogP contribution is 2.54. The summed E-state index contributed by atoms with van der Waals surface area (Å²) in [4.78, 5) is 2.69. The Morgan fingerprint density at radius 2 is 1.96 bits per heavy atom. The van der Waals surface area contributed by atoms with E-state index in [1.165, 1.54) is 31.5 Å². The van der Waals surface area contributed by atoms with Crippen molar-refractivity contribution in [1.82, 2.24) is 4.90 Å². The molecular formula is C21H29NO3. The minimum Gasteiger partial charge on any atom is -0.508 e. The third-order valence-electron chi connectivity index (χ3n) is 7.04. The summed E-state index contributed by atoms with van der Waals surface area (Å²) in [6.45, 7) is 5.05. The number of nitrogens with zero attached hydrogens (tertiary/aromatic N) is 1. The van der Waals surface area contributed by atoms with Crippen molar-refractivity contribution in [2.75, 3.05) is 32.8 Å². The largest absolute Gasteiger partial charge is 0.508 e. The standard InChI is InChI=1S/C21H29NO3/c23-19-3-1-2-17(12-19)20-8-9-22(13-16-4-5-16)14-18(20)6-7-21(15-20)24-10-11-25-21/h1-3,12,16,18,23H,4-11,13-15H2/t18-,20+/m1/s1. The summed E-state index contributed by atoms with van der Waals surface area (Å²) in [7, 11) is 0. The fraction of sp³-hybridized carbons (Fsp3) is 0.714. The van der Waals surface area contributed by atoms with E-state index in [9.17, 15) is 5.11 Å². The second-order valence-corrected chi connectivity index (χ2v) is 8.68. The Morgan fingerprint density at radius 3 is 2.72 bits per heavy atom. The van der Waals surface area contributed by atoms with Gasteiger partial charge in [-0.3, -0.25) is 0 Å². The predicted octanol–water partition coefficient (Wildman–Crippen LogP) is 3.29. The van der Waals surface area contributed by atoms with Crippen LogP contribution in [-0.2, 0) is 14.9 Å². The van der Waals surface area contributed by atoms with E-state index in [0.717, 1.165) is 38.1 Å². The van der Waals surface area contributed by atoms with Crippen LogP contribution in [0.4, 0.5) is 0 Å². The predicted molar refractivity (Wildman–Crippen MR) is 95.5 cm³/mol. The highest BCUT2D eigenvalue weighted by Gasteiger charge is 2.55. The van der Waals surface area contributed by atoms with Gasteiger partial charge in [0.1, 0.15) is 5.75 Å². The van der Waals surface area contributed by atoms with Crippen molar-refractivity contribution in [2.24, 2.45) is 11.8 Å². The van der Waals surface area contributed by atoms with Gasteiger partial charge in [-0.05, 0) is 61.8 Å². The summed E-state index contributed by atoms with van der Waals surface area (Å²) in [6.07, 6.45) is 7.08. The lowest BCUT2D eigenvalue weighted by Gasteiger charge is -2.55. The summed E-state index contributed by atoms with van der Waals surface area (Å²) < 4.78 is 12.2. The molecule has 0 amide bonds. The number of phenols is 1. The van der Waals surface area contributed by atoms with Crippen molar-refractivity contribution in [2.45, 2.75) is 49.7 Å². The monoisotopic (exact) mass is 343 g/mol. The normalized spacial score (nSPS) is 35.0. The smallest absolute Gasteiger partial charge is 0.169 e. The molecule has 4 aliphatic rings. The summed E-state index contributed by atoms with van der Waals surface area (Å²) in [5, 5.41) is 10.1. The van der Waals surface area contributed by atoms with Crippen LogP contribution in [0.1, 0.15) is 44.1 Å². The van der Waals surface area contributed by atoms with E-state index < -0.39 is 0 Å². The van der Waals surface area contributed by atoms with E-state index in [1.807, 2.05) is 12.1 Å². The summed E-state index contributed by atoms with van der Waals surface area (Å²) in [5.74, 6) is 1.56. The van der Waals surface area contributed by atoms with E-state index in [4.69, 9.17) is 9.47 Å². The Hall–Kier alpha value is -1.10. The van der Waals surface area contributed by atoms with Crippen LogP contribution in [0.2, 0.25) is 0 Å². The number of piperidine rings is 1. The number of phenolic OH excluding ortho intramolecular Hbond substituents is 1. The zero-order valence-corrected chi connectivity index (χ0v) is 15.0. The molecule has 0 radical (unpaired) electrons. The van der Waals surface area contributed by atoms with Crippen LogP contribution in [-0.4, -0.2) is 48.6 Å². The van der Waals surface area contributed by atoms with Gasteiger partial charge in [-0.15, -0.1) is 0 Å². The van der Waals surface area contributed by atoms with E-state index in [2.05, 4.69) is 11.0 Å². The molecule has 2 atom stereocenters. The average Bonchev–Trinajstić information content (AvgIpc) is 3.33. The molecule has 2 saturated heterocycles. The molecule has 5 rings (SSSR count). The van der Waals surface area contributed by atoms with Crippen molar-refractivity contribution < 1.29 is 14.6 Å². The second-order valence-electron chi connectivity index (χ2n) is 8.68. The van der Waals surface area contributed by atoms with Crippen molar-refractivity contribution in [3.8, 4) is 5.75 Å². The van der Waals surface area contributed by atoms with Crippen molar-refractivity contribution >= 4 is 0 Å². The maximum absolute atomic E-state index is 10.1. The summed E-state index contributed by atoms with van der Waals surface area (Å²) >= 11 is 0. The molecule has 4 nitrogen and oxygen atoms in total. The van der Waals surface area contributed by atoms with Crippen molar-refractivity contribution in [3.05, 3.63) is 29.8 Å². The molecule has 136 valence electrons. The van der Waals surface area contributed by atoms with Gasteiger partial charge in [0.25, 0.3) is 0 Å². The molecule has 4 fully saturated rings. The third kappa shape index (κ3) is 2.88. The average molecular weight is 343 g/mol. The molecule has 1 aromatic rings. The topological polar surface area (TPSA) is 41.9 Å².